The Morgan fingerprint density at radius 3 is 2.55 bits per heavy atom. The summed E-state index contributed by atoms with van der Waals surface area (Å²) in [5, 5.41) is 6.84. The number of nitrogens with one attached hydrogen (secondary N) is 1. The second-order valence-electron chi connectivity index (χ2n) is 8.06. The van der Waals surface area contributed by atoms with Crippen molar-refractivity contribution >= 4 is 15.9 Å². The minimum atomic E-state index is -3.77. The van der Waals surface area contributed by atoms with Crippen molar-refractivity contribution in [1.29, 1.82) is 0 Å². The summed E-state index contributed by atoms with van der Waals surface area (Å²) in [4.78, 5) is 17.2. The fourth-order valence-corrected chi connectivity index (χ4v) is 4.17. The molecule has 1 aliphatic rings. The summed E-state index contributed by atoms with van der Waals surface area (Å²) in [5.41, 5.74) is 1.89. The highest BCUT2D eigenvalue weighted by atomic mass is 32.2. The summed E-state index contributed by atoms with van der Waals surface area (Å²) in [7, 11) is -2.38. The van der Waals surface area contributed by atoms with E-state index in [9.17, 15) is 13.2 Å². The molecule has 1 aliphatic carbocycles. The van der Waals surface area contributed by atoms with E-state index in [0.717, 1.165) is 28.3 Å². The van der Waals surface area contributed by atoms with Crippen LogP contribution in [-0.2, 0) is 14.8 Å². The number of aryl methyl sites for hydroxylation is 2. The van der Waals surface area contributed by atoms with Crippen molar-refractivity contribution in [2.45, 2.75) is 57.4 Å². The average molecular weight is 421 g/mol. The molecule has 1 unspecified atom stereocenters. The fourth-order valence-electron chi connectivity index (χ4n) is 2.96. The second-order valence-corrected chi connectivity index (χ2v) is 10.1. The van der Waals surface area contributed by atoms with Gasteiger partial charge in [0.1, 0.15) is 6.04 Å². The number of aromatic nitrogens is 2. The number of hydrogen-bond donors (Lipinski definition) is 1. The predicted octanol–water partition coefficient (Wildman–Crippen LogP) is 2.70. The number of carbonyl (C=O) groups excluding carboxylic acids is 1. The van der Waals surface area contributed by atoms with E-state index >= 15 is 0 Å². The van der Waals surface area contributed by atoms with Crippen molar-refractivity contribution in [3.63, 3.8) is 0 Å². The predicted molar refractivity (Wildman–Crippen MR) is 108 cm³/mol. The SMILES string of the molecule is Cc1ccc(S(=O)(=O)N(C)CC(=O)NC(c2nc(C3CC3)no2)C(C)C)cc1C. The summed E-state index contributed by atoms with van der Waals surface area (Å²) >= 11 is 0. The van der Waals surface area contributed by atoms with Gasteiger partial charge in [-0.25, -0.2) is 8.42 Å². The van der Waals surface area contributed by atoms with Crippen molar-refractivity contribution in [2.75, 3.05) is 13.6 Å². The van der Waals surface area contributed by atoms with E-state index in [1.807, 2.05) is 27.7 Å². The first-order valence-electron chi connectivity index (χ1n) is 9.76. The average Bonchev–Trinajstić information content (AvgIpc) is 3.39. The number of benzene rings is 1. The maximum absolute atomic E-state index is 12.8. The van der Waals surface area contributed by atoms with Gasteiger partial charge in [-0.3, -0.25) is 4.79 Å². The van der Waals surface area contributed by atoms with Crippen molar-refractivity contribution in [3.8, 4) is 0 Å². The van der Waals surface area contributed by atoms with Gasteiger partial charge in [0.25, 0.3) is 0 Å². The van der Waals surface area contributed by atoms with E-state index in [1.165, 1.54) is 7.05 Å². The molecule has 0 bridgehead atoms. The van der Waals surface area contributed by atoms with Crippen LogP contribution < -0.4 is 5.32 Å². The molecule has 2 aromatic rings. The lowest BCUT2D eigenvalue weighted by molar-refractivity contribution is -0.122. The molecule has 29 heavy (non-hydrogen) atoms. The molecule has 3 rings (SSSR count). The van der Waals surface area contributed by atoms with Gasteiger partial charge in [-0.15, -0.1) is 0 Å². The van der Waals surface area contributed by atoms with Crippen molar-refractivity contribution < 1.29 is 17.7 Å². The molecule has 1 aromatic heterocycles. The van der Waals surface area contributed by atoms with E-state index in [4.69, 9.17) is 4.52 Å². The lowest BCUT2D eigenvalue weighted by atomic mass is 10.0. The molecule has 1 amide bonds. The summed E-state index contributed by atoms with van der Waals surface area (Å²) < 4.78 is 32.0. The van der Waals surface area contributed by atoms with Crippen LogP contribution in [0.2, 0.25) is 0 Å². The molecule has 1 N–H and O–H groups in total. The van der Waals surface area contributed by atoms with Crippen molar-refractivity contribution in [3.05, 3.63) is 41.0 Å². The zero-order valence-corrected chi connectivity index (χ0v) is 18.3. The molecule has 1 aromatic carbocycles. The van der Waals surface area contributed by atoms with Crippen LogP contribution >= 0.6 is 0 Å². The van der Waals surface area contributed by atoms with E-state index < -0.39 is 22.0 Å². The van der Waals surface area contributed by atoms with Crippen molar-refractivity contribution in [2.24, 2.45) is 5.92 Å². The van der Waals surface area contributed by atoms with Crippen LogP contribution in [0.15, 0.2) is 27.6 Å². The van der Waals surface area contributed by atoms with Gasteiger partial charge in [0.05, 0.1) is 11.4 Å². The lowest BCUT2D eigenvalue weighted by Gasteiger charge is -2.21. The van der Waals surface area contributed by atoms with Crippen LogP contribution in [-0.4, -0.2) is 42.4 Å². The minimum Gasteiger partial charge on any atom is -0.343 e. The van der Waals surface area contributed by atoms with Crippen molar-refractivity contribution in [1.82, 2.24) is 19.8 Å². The molecule has 0 radical (unpaired) electrons. The van der Waals surface area contributed by atoms with E-state index in [1.54, 1.807) is 18.2 Å². The molecule has 9 heteroatoms. The van der Waals surface area contributed by atoms with E-state index in [0.29, 0.717) is 17.6 Å². The standard InChI is InChI=1S/C20H28N4O4S/c1-12(2)18(20-22-19(23-28-20)15-7-8-15)21-17(25)11-24(5)29(26,27)16-9-6-13(3)14(4)10-16/h6,9-10,12,15,18H,7-8,11H2,1-5H3,(H,21,25). The van der Waals surface area contributed by atoms with Gasteiger partial charge in [-0.1, -0.05) is 25.1 Å². The Bertz CT molecular complexity index is 996. The quantitative estimate of drug-likeness (QED) is 0.704. The van der Waals surface area contributed by atoms with Gasteiger partial charge >= 0.3 is 0 Å². The van der Waals surface area contributed by atoms with Gasteiger partial charge in [-0.05, 0) is 55.9 Å². The minimum absolute atomic E-state index is 0.00751. The smallest absolute Gasteiger partial charge is 0.249 e. The first-order valence-corrected chi connectivity index (χ1v) is 11.2. The molecule has 158 valence electrons. The van der Waals surface area contributed by atoms with Gasteiger partial charge in [0, 0.05) is 13.0 Å². The molecule has 0 saturated heterocycles. The number of sulfonamides is 1. The maximum Gasteiger partial charge on any atom is 0.249 e. The molecule has 1 saturated carbocycles. The number of rotatable bonds is 8. The number of nitrogens with zero attached hydrogens (tertiary/aromatic N) is 3. The van der Waals surface area contributed by atoms with Crippen LogP contribution in [0.25, 0.3) is 0 Å². The fraction of sp³-hybridized carbons (Fsp3) is 0.550. The normalized spacial score (nSPS) is 15.7. The number of amides is 1. The Kier molecular flexibility index (Phi) is 6.09. The van der Waals surface area contributed by atoms with E-state index in [-0.39, 0.29) is 17.4 Å². The van der Waals surface area contributed by atoms with Crippen LogP contribution in [0.1, 0.15) is 61.5 Å². The third kappa shape index (κ3) is 4.84. The van der Waals surface area contributed by atoms with Crippen LogP contribution in [0.3, 0.4) is 0 Å². The highest BCUT2D eigenvalue weighted by molar-refractivity contribution is 7.89. The van der Waals surface area contributed by atoms with Crippen LogP contribution in [0.5, 0.6) is 0 Å². The third-order valence-corrected chi connectivity index (χ3v) is 7.00. The highest BCUT2D eigenvalue weighted by Crippen LogP contribution is 2.38. The summed E-state index contributed by atoms with van der Waals surface area (Å²) in [6.45, 7) is 7.33. The molecular formula is C20H28N4O4S. The molecular weight excluding hydrogens is 392 g/mol. The Morgan fingerprint density at radius 1 is 1.28 bits per heavy atom. The summed E-state index contributed by atoms with van der Waals surface area (Å²) in [5.74, 6) is 0.965. The Labute approximate surface area is 171 Å². The molecule has 1 atom stereocenters. The maximum atomic E-state index is 12.8. The first kappa shape index (κ1) is 21.4. The van der Waals surface area contributed by atoms with Gasteiger partial charge in [0.15, 0.2) is 5.82 Å². The first-order chi connectivity index (χ1) is 13.6. The third-order valence-electron chi connectivity index (χ3n) is 5.20. The van der Waals surface area contributed by atoms with Crippen LogP contribution in [0.4, 0.5) is 0 Å². The second kappa shape index (κ2) is 8.23. The molecule has 8 nitrogen and oxygen atoms in total. The van der Waals surface area contributed by atoms with Gasteiger partial charge in [-0.2, -0.15) is 9.29 Å². The number of hydrogen-bond acceptors (Lipinski definition) is 6. The Hall–Kier alpha value is -2.26. The highest BCUT2D eigenvalue weighted by Gasteiger charge is 2.32. The zero-order chi connectivity index (χ0) is 21.3. The molecule has 1 fully saturated rings. The lowest BCUT2D eigenvalue weighted by Crippen LogP contribution is -2.41. The van der Waals surface area contributed by atoms with Gasteiger partial charge < -0.3 is 9.84 Å². The largest absolute Gasteiger partial charge is 0.343 e. The summed E-state index contributed by atoms with van der Waals surface area (Å²) in [6, 6.07) is 4.47. The molecule has 1 heterocycles. The van der Waals surface area contributed by atoms with E-state index in [2.05, 4.69) is 15.5 Å². The monoisotopic (exact) mass is 420 g/mol. The zero-order valence-electron chi connectivity index (χ0n) is 17.5. The topological polar surface area (TPSA) is 105 Å². The van der Waals surface area contributed by atoms with Gasteiger partial charge in [0.2, 0.25) is 21.8 Å². The Morgan fingerprint density at radius 2 is 1.97 bits per heavy atom. The molecule has 0 aliphatic heterocycles. The number of carbonyl (C=O) groups is 1. The van der Waals surface area contributed by atoms with Crippen LogP contribution in [0, 0.1) is 19.8 Å². The summed E-state index contributed by atoms with van der Waals surface area (Å²) in [6.07, 6.45) is 2.11. The Balaban J connectivity index is 1.69. The molecule has 0 spiro atoms. The number of likely N-dealkylation sites (N-methyl/N-ethyl adjacent to an activating group) is 1.